The number of aliphatic carboxylic acids is 1. The maximum atomic E-state index is 12.1. The second-order valence-electron chi connectivity index (χ2n) is 5.44. The topological polar surface area (TPSA) is 92.9 Å². The number of likely N-dealkylation sites (tertiary alicyclic amines) is 1. The van der Waals surface area contributed by atoms with E-state index in [1.807, 2.05) is 0 Å². The van der Waals surface area contributed by atoms with Crippen LogP contribution in [-0.4, -0.2) is 53.2 Å². The summed E-state index contributed by atoms with van der Waals surface area (Å²) in [7, 11) is 1.63. The predicted octanol–water partition coefficient (Wildman–Crippen LogP) is -0.0400. The lowest BCUT2D eigenvalue weighted by molar-refractivity contribution is -0.145. The molecule has 0 aromatic rings. The Hall–Kier alpha value is -1.14. The average Bonchev–Trinajstić information content (AvgIpc) is 2.68. The zero-order chi connectivity index (χ0) is 13.4. The van der Waals surface area contributed by atoms with Gasteiger partial charge in [0.25, 0.3) is 0 Å². The van der Waals surface area contributed by atoms with Gasteiger partial charge in [0, 0.05) is 20.2 Å². The lowest BCUT2D eigenvalue weighted by Crippen LogP contribution is -2.51. The van der Waals surface area contributed by atoms with E-state index in [1.165, 1.54) is 0 Å². The normalized spacial score (nSPS) is 30.0. The first-order chi connectivity index (χ1) is 8.41. The monoisotopic (exact) mass is 256 g/mol. The molecular weight excluding hydrogens is 236 g/mol. The fraction of sp³-hybridized carbons (Fsp3) is 0.833. The smallest absolute Gasteiger partial charge is 0.325 e. The van der Waals surface area contributed by atoms with Crippen LogP contribution in [0.25, 0.3) is 0 Å². The van der Waals surface area contributed by atoms with Crippen LogP contribution in [0, 0.1) is 0 Å². The molecule has 2 rings (SSSR count). The quantitative estimate of drug-likeness (QED) is 0.736. The molecule has 1 atom stereocenters. The minimum Gasteiger partial charge on any atom is -0.480 e. The van der Waals surface area contributed by atoms with Crippen LogP contribution in [0.15, 0.2) is 0 Å². The third kappa shape index (κ3) is 2.22. The van der Waals surface area contributed by atoms with Crippen molar-refractivity contribution in [2.24, 2.45) is 5.73 Å². The van der Waals surface area contributed by atoms with E-state index >= 15 is 0 Å². The van der Waals surface area contributed by atoms with E-state index in [2.05, 4.69) is 0 Å². The molecule has 18 heavy (non-hydrogen) atoms. The summed E-state index contributed by atoms with van der Waals surface area (Å²) in [5.74, 6) is -1.09. The number of carboxylic acid groups (broad SMARTS) is 1. The standard InChI is InChI=1S/C12H20N2O4/c1-18-11(3-2-4-11)7-9(15)14-6-5-12(13,8-14)10(16)17/h2-8,13H2,1H3,(H,16,17). The van der Waals surface area contributed by atoms with Crippen molar-refractivity contribution in [1.29, 1.82) is 0 Å². The lowest BCUT2D eigenvalue weighted by atomic mass is 9.77. The van der Waals surface area contributed by atoms with Crippen molar-refractivity contribution in [3.8, 4) is 0 Å². The SMILES string of the molecule is COC1(CC(=O)N2CCC(N)(C(=O)O)C2)CCC1. The number of hydrogen-bond acceptors (Lipinski definition) is 4. The molecule has 1 heterocycles. The van der Waals surface area contributed by atoms with Gasteiger partial charge in [-0.25, -0.2) is 0 Å². The van der Waals surface area contributed by atoms with Crippen molar-refractivity contribution in [2.75, 3.05) is 20.2 Å². The first-order valence-corrected chi connectivity index (χ1v) is 6.26. The highest BCUT2D eigenvalue weighted by atomic mass is 16.5. The van der Waals surface area contributed by atoms with Gasteiger partial charge in [-0.3, -0.25) is 9.59 Å². The molecule has 2 fully saturated rings. The molecule has 1 aliphatic carbocycles. The summed E-state index contributed by atoms with van der Waals surface area (Å²) in [6.07, 6.45) is 3.52. The van der Waals surface area contributed by atoms with Crippen molar-refractivity contribution in [3.63, 3.8) is 0 Å². The van der Waals surface area contributed by atoms with E-state index in [0.29, 0.717) is 19.4 Å². The van der Waals surface area contributed by atoms with Crippen molar-refractivity contribution in [2.45, 2.75) is 43.2 Å². The van der Waals surface area contributed by atoms with E-state index in [9.17, 15) is 9.59 Å². The van der Waals surface area contributed by atoms with Crippen molar-refractivity contribution in [3.05, 3.63) is 0 Å². The molecule has 1 unspecified atom stereocenters. The van der Waals surface area contributed by atoms with Gasteiger partial charge in [0.1, 0.15) is 5.54 Å². The number of carbonyl (C=O) groups excluding carboxylic acids is 1. The molecule has 3 N–H and O–H groups in total. The van der Waals surface area contributed by atoms with E-state index in [-0.39, 0.29) is 18.1 Å². The molecule has 2 aliphatic rings. The zero-order valence-electron chi connectivity index (χ0n) is 10.6. The lowest BCUT2D eigenvalue weighted by Gasteiger charge is -2.40. The molecule has 1 amide bonds. The fourth-order valence-corrected chi connectivity index (χ4v) is 2.63. The molecular formula is C12H20N2O4. The van der Waals surface area contributed by atoms with Crippen LogP contribution in [0.4, 0.5) is 0 Å². The minimum absolute atomic E-state index is 0.0508. The highest BCUT2D eigenvalue weighted by molar-refractivity contribution is 5.83. The first kappa shape index (κ1) is 13.3. The van der Waals surface area contributed by atoms with Crippen LogP contribution in [0.1, 0.15) is 32.1 Å². The number of ether oxygens (including phenoxy) is 1. The van der Waals surface area contributed by atoms with E-state index in [4.69, 9.17) is 15.6 Å². The van der Waals surface area contributed by atoms with Crippen LogP contribution in [0.3, 0.4) is 0 Å². The molecule has 0 aromatic carbocycles. The van der Waals surface area contributed by atoms with Crippen molar-refractivity contribution >= 4 is 11.9 Å². The Bertz CT molecular complexity index is 362. The number of carbonyl (C=O) groups is 2. The van der Waals surface area contributed by atoms with Gasteiger partial charge >= 0.3 is 5.97 Å². The van der Waals surface area contributed by atoms with Crippen molar-refractivity contribution in [1.82, 2.24) is 4.90 Å². The molecule has 1 saturated heterocycles. The Morgan fingerprint density at radius 1 is 1.39 bits per heavy atom. The third-order valence-corrected chi connectivity index (χ3v) is 4.25. The summed E-state index contributed by atoms with van der Waals surface area (Å²) in [5, 5.41) is 9.02. The molecule has 1 aliphatic heterocycles. The van der Waals surface area contributed by atoms with Gasteiger partial charge in [0.15, 0.2) is 0 Å². The number of hydrogen-bond donors (Lipinski definition) is 2. The van der Waals surface area contributed by atoms with Gasteiger partial charge in [0.2, 0.25) is 5.91 Å². The Balaban J connectivity index is 1.93. The second kappa shape index (κ2) is 4.51. The maximum Gasteiger partial charge on any atom is 0.325 e. The molecule has 1 saturated carbocycles. The average molecular weight is 256 g/mol. The van der Waals surface area contributed by atoms with Crippen LogP contribution >= 0.6 is 0 Å². The number of carboxylic acids is 1. The fourth-order valence-electron chi connectivity index (χ4n) is 2.63. The Morgan fingerprint density at radius 3 is 2.44 bits per heavy atom. The summed E-state index contributed by atoms with van der Waals surface area (Å²) < 4.78 is 5.41. The summed E-state index contributed by atoms with van der Waals surface area (Å²) in [6, 6.07) is 0. The van der Waals surface area contributed by atoms with Gasteiger partial charge in [0.05, 0.1) is 12.0 Å². The van der Waals surface area contributed by atoms with Crippen LogP contribution in [0.2, 0.25) is 0 Å². The van der Waals surface area contributed by atoms with Gasteiger partial charge < -0.3 is 20.5 Å². The predicted molar refractivity (Wildman–Crippen MR) is 64.0 cm³/mol. The molecule has 102 valence electrons. The number of nitrogens with zero attached hydrogens (tertiary/aromatic N) is 1. The molecule has 0 aromatic heterocycles. The summed E-state index contributed by atoms with van der Waals surface area (Å²) in [6.45, 7) is 0.516. The molecule has 0 bridgehead atoms. The Kier molecular flexibility index (Phi) is 3.33. The van der Waals surface area contributed by atoms with Crippen LogP contribution < -0.4 is 5.73 Å². The third-order valence-electron chi connectivity index (χ3n) is 4.25. The largest absolute Gasteiger partial charge is 0.480 e. The number of amides is 1. The zero-order valence-corrected chi connectivity index (χ0v) is 10.6. The summed E-state index contributed by atoms with van der Waals surface area (Å²) >= 11 is 0. The summed E-state index contributed by atoms with van der Waals surface area (Å²) in [5.41, 5.74) is 4.15. The first-order valence-electron chi connectivity index (χ1n) is 6.26. The van der Waals surface area contributed by atoms with Gasteiger partial charge in [-0.2, -0.15) is 0 Å². The number of rotatable bonds is 4. The molecule has 6 heteroatoms. The molecule has 0 spiro atoms. The van der Waals surface area contributed by atoms with Gasteiger partial charge in [-0.1, -0.05) is 0 Å². The minimum atomic E-state index is -1.28. The van der Waals surface area contributed by atoms with Crippen LogP contribution in [0.5, 0.6) is 0 Å². The second-order valence-corrected chi connectivity index (χ2v) is 5.44. The molecule has 0 radical (unpaired) electrons. The number of methoxy groups -OCH3 is 1. The highest BCUT2D eigenvalue weighted by Gasteiger charge is 2.45. The van der Waals surface area contributed by atoms with E-state index in [0.717, 1.165) is 19.3 Å². The number of nitrogens with two attached hydrogens (primary N) is 1. The van der Waals surface area contributed by atoms with Gasteiger partial charge in [-0.05, 0) is 25.7 Å². The Morgan fingerprint density at radius 2 is 2.06 bits per heavy atom. The van der Waals surface area contributed by atoms with Crippen molar-refractivity contribution < 1.29 is 19.4 Å². The molecule has 6 nitrogen and oxygen atoms in total. The summed E-state index contributed by atoms with van der Waals surface area (Å²) in [4.78, 5) is 24.7. The van der Waals surface area contributed by atoms with E-state index in [1.54, 1.807) is 12.0 Å². The maximum absolute atomic E-state index is 12.1. The van der Waals surface area contributed by atoms with Crippen LogP contribution in [-0.2, 0) is 14.3 Å². The highest BCUT2D eigenvalue weighted by Crippen LogP contribution is 2.38. The Labute approximate surface area is 106 Å². The van der Waals surface area contributed by atoms with E-state index < -0.39 is 11.5 Å². The van der Waals surface area contributed by atoms with Gasteiger partial charge in [-0.15, -0.1) is 0 Å².